The van der Waals surface area contributed by atoms with Crippen LogP contribution in [0.4, 0.5) is 11.8 Å². The molecule has 0 spiro atoms. The molecule has 1 aliphatic rings. The Balaban J connectivity index is 1.64. The number of hydrogen-bond donors (Lipinski definition) is 5. The summed E-state index contributed by atoms with van der Waals surface area (Å²) in [6.07, 6.45) is 3.86. The zero-order valence-corrected chi connectivity index (χ0v) is 18.3. The SMILES string of the molecule is CC(C)n1nnc2c(NCc3ccc(Cl)c(O)c3O)nc(NC3CCC(N)CC3)nc21. The van der Waals surface area contributed by atoms with Crippen molar-refractivity contribution in [3.8, 4) is 11.5 Å². The molecule has 4 rings (SSSR count). The van der Waals surface area contributed by atoms with Crippen LogP contribution in [0.2, 0.25) is 5.02 Å². The van der Waals surface area contributed by atoms with Gasteiger partial charge in [-0.3, -0.25) is 0 Å². The first-order chi connectivity index (χ1) is 14.8. The predicted octanol–water partition coefficient (Wildman–Crippen LogP) is 3.16. The maximum absolute atomic E-state index is 10.2. The van der Waals surface area contributed by atoms with Crippen LogP contribution in [0.15, 0.2) is 12.1 Å². The number of halogens is 1. The number of rotatable bonds is 6. The third-order valence-electron chi connectivity index (χ3n) is 5.55. The molecule has 0 radical (unpaired) electrons. The fourth-order valence-electron chi connectivity index (χ4n) is 3.73. The second-order valence-corrected chi connectivity index (χ2v) is 8.62. The van der Waals surface area contributed by atoms with E-state index in [4.69, 9.17) is 17.3 Å². The molecule has 3 aromatic rings. The Bertz CT molecular complexity index is 1080. The average molecular weight is 447 g/mol. The van der Waals surface area contributed by atoms with Crippen molar-refractivity contribution in [3.05, 3.63) is 22.7 Å². The molecule has 0 atom stereocenters. The molecule has 1 aromatic carbocycles. The summed E-state index contributed by atoms with van der Waals surface area (Å²) in [5.74, 6) is 0.356. The quantitative estimate of drug-likeness (QED) is 0.360. The molecule has 0 aliphatic heterocycles. The van der Waals surface area contributed by atoms with E-state index in [-0.39, 0.29) is 41.2 Å². The van der Waals surface area contributed by atoms with Crippen molar-refractivity contribution in [1.29, 1.82) is 0 Å². The Morgan fingerprint density at radius 1 is 1.16 bits per heavy atom. The van der Waals surface area contributed by atoms with Crippen molar-refractivity contribution in [2.45, 2.75) is 64.2 Å². The number of phenols is 2. The molecule has 11 heteroatoms. The lowest BCUT2D eigenvalue weighted by molar-refractivity contribution is 0.400. The first kappa shape index (κ1) is 21.4. The summed E-state index contributed by atoms with van der Waals surface area (Å²) in [5.41, 5.74) is 7.64. The molecule has 2 aromatic heterocycles. The highest BCUT2D eigenvalue weighted by atomic mass is 35.5. The van der Waals surface area contributed by atoms with E-state index in [1.165, 1.54) is 6.07 Å². The second kappa shape index (κ2) is 8.72. The van der Waals surface area contributed by atoms with Crippen LogP contribution in [0, 0.1) is 0 Å². The van der Waals surface area contributed by atoms with Gasteiger partial charge in [0.25, 0.3) is 0 Å². The minimum absolute atomic E-state index is 0.0746. The Hall–Kier alpha value is -2.85. The molecule has 2 heterocycles. The summed E-state index contributed by atoms with van der Waals surface area (Å²) >= 11 is 5.85. The van der Waals surface area contributed by atoms with Gasteiger partial charge in [0.15, 0.2) is 28.5 Å². The summed E-state index contributed by atoms with van der Waals surface area (Å²) in [6.45, 7) is 4.22. The van der Waals surface area contributed by atoms with Crippen molar-refractivity contribution < 1.29 is 10.2 Å². The number of hydrogen-bond acceptors (Lipinski definition) is 9. The number of fused-ring (bicyclic) bond motifs is 1. The minimum atomic E-state index is -0.350. The molecule has 10 nitrogen and oxygen atoms in total. The normalized spacial score (nSPS) is 19.1. The molecule has 0 bridgehead atoms. The van der Waals surface area contributed by atoms with Gasteiger partial charge >= 0.3 is 0 Å². The maximum Gasteiger partial charge on any atom is 0.227 e. The molecule has 1 fully saturated rings. The van der Waals surface area contributed by atoms with E-state index in [0.29, 0.717) is 28.5 Å². The van der Waals surface area contributed by atoms with E-state index < -0.39 is 0 Å². The number of aromatic nitrogens is 5. The van der Waals surface area contributed by atoms with Gasteiger partial charge in [-0.2, -0.15) is 9.97 Å². The highest BCUT2D eigenvalue weighted by Gasteiger charge is 2.22. The van der Waals surface area contributed by atoms with Crippen molar-refractivity contribution in [1.82, 2.24) is 25.0 Å². The molecule has 31 heavy (non-hydrogen) atoms. The van der Waals surface area contributed by atoms with Crippen molar-refractivity contribution >= 4 is 34.5 Å². The summed E-state index contributed by atoms with van der Waals surface area (Å²) < 4.78 is 1.75. The lowest BCUT2D eigenvalue weighted by Gasteiger charge is -2.26. The predicted molar refractivity (Wildman–Crippen MR) is 119 cm³/mol. The van der Waals surface area contributed by atoms with Crippen LogP contribution in [0.5, 0.6) is 11.5 Å². The highest BCUT2D eigenvalue weighted by Crippen LogP contribution is 2.36. The van der Waals surface area contributed by atoms with Crippen LogP contribution in [-0.4, -0.2) is 47.3 Å². The molecule has 1 aliphatic carbocycles. The van der Waals surface area contributed by atoms with Gasteiger partial charge in [0.05, 0.1) is 11.1 Å². The van der Waals surface area contributed by atoms with Gasteiger partial charge in [-0.15, -0.1) is 5.10 Å². The monoisotopic (exact) mass is 446 g/mol. The Morgan fingerprint density at radius 2 is 1.90 bits per heavy atom. The van der Waals surface area contributed by atoms with E-state index in [2.05, 4.69) is 30.9 Å². The van der Waals surface area contributed by atoms with Gasteiger partial charge in [-0.25, -0.2) is 4.68 Å². The minimum Gasteiger partial charge on any atom is -0.504 e. The van der Waals surface area contributed by atoms with Crippen LogP contribution < -0.4 is 16.4 Å². The molecular formula is C20H27ClN8O2. The van der Waals surface area contributed by atoms with Gasteiger partial charge in [0.1, 0.15) is 0 Å². The lowest BCUT2D eigenvalue weighted by Crippen LogP contribution is -2.33. The molecular weight excluding hydrogens is 420 g/mol. The first-order valence-electron chi connectivity index (χ1n) is 10.4. The van der Waals surface area contributed by atoms with Crippen LogP contribution in [0.3, 0.4) is 0 Å². The Kier molecular flexibility index (Phi) is 6.01. The fourth-order valence-corrected chi connectivity index (χ4v) is 3.88. The number of anilines is 2. The molecule has 1 saturated carbocycles. The van der Waals surface area contributed by atoms with Crippen LogP contribution in [0.25, 0.3) is 11.2 Å². The van der Waals surface area contributed by atoms with E-state index >= 15 is 0 Å². The summed E-state index contributed by atoms with van der Waals surface area (Å²) in [5, 5.41) is 35.2. The molecule has 0 saturated heterocycles. The maximum atomic E-state index is 10.2. The van der Waals surface area contributed by atoms with Gasteiger partial charge in [-0.1, -0.05) is 22.9 Å². The molecule has 166 valence electrons. The van der Waals surface area contributed by atoms with Gasteiger partial charge in [0.2, 0.25) is 5.95 Å². The third-order valence-corrected chi connectivity index (χ3v) is 5.85. The van der Waals surface area contributed by atoms with Crippen LogP contribution in [-0.2, 0) is 6.54 Å². The number of aromatic hydroxyl groups is 2. The highest BCUT2D eigenvalue weighted by molar-refractivity contribution is 6.32. The van der Waals surface area contributed by atoms with Crippen molar-refractivity contribution in [2.24, 2.45) is 5.73 Å². The van der Waals surface area contributed by atoms with Crippen molar-refractivity contribution in [2.75, 3.05) is 10.6 Å². The molecule has 0 unspecified atom stereocenters. The number of nitrogens with one attached hydrogen (secondary N) is 2. The topological polar surface area (TPSA) is 147 Å². The largest absolute Gasteiger partial charge is 0.504 e. The van der Waals surface area contributed by atoms with E-state index in [0.717, 1.165) is 25.7 Å². The zero-order chi connectivity index (χ0) is 22.1. The Morgan fingerprint density at radius 3 is 2.61 bits per heavy atom. The number of benzene rings is 1. The summed E-state index contributed by atoms with van der Waals surface area (Å²) in [6, 6.07) is 3.75. The lowest BCUT2D eigenvalue weighted by atomic mass is 9.92. The van der Waals surface area contributed by atoms with E-state index in [1.54, 1.807) is 10.7 Å². The first-order valence-corrected chi connectivity index (χ1v) is 10.8. The van der Waals surface area contributed by atoms with E-state index in [9.17, 15) is 10.2 Å². The average Bonchev–Trinajstić information content (AvgIpc) is 3.17. The van der Waals surface area contributed by atoms with Crippen molar-refractivity contribution in [3.63, 3.8) is 0 Å². The third kappa shape index (κ3) is 4.45. The van der Waals surface area contributed by atoms with Crippen LogP contribution in [0.1, 0.15) is 51.1 Å². The smallest absolute Gasteiger partial charge is 0.227 e. The summed E-state index contributed by atoms with van der Waals surface area (Å²) in [7, 11) is 0. The zero-order valence-electron chi connectivity index (χ0n) is 17.5. The van der Waals surface area contributed by atoms with Gasteiger partial charge < -0.3 is 26.6 Å². The number of nitrogens with zero attached hydrogens (tertiary/aromatic N) is 5. The molecule has 0 amide bonds. The van der Waals surface area contributed by atoms with Crippen LogP contribution >= 0.6 is 11.6 Å². The summed E-state index contributed by atoms with van der Waals surface area (Å²) in [4.78, 5) is 9.29. The second-order valence-electron chi connectivity index (χ2n) is 8.21. The number of nitrogens with two attached hydrogens (primary N) is 1. The standard InChI is InChI=1S/C20H27ClN8O2/c1-10(2)29-19-15(27-28-29)18(23-9-11-3-8-14(21)17(31)16(11)30)25-20(26-19)24-13-6-4-12(22)5-7-13/h3,8,10,12-13,30-31H,4-7,9,22H2,1-2H3,(H2,23,24,25,26). The van der Waals surface area contributed by atoms with Gasteiger partial charge in [-0.05, 0) is 45.6 Å². The number of phenolic OH excluding ortho intramolecular Hbond substituents is 2. The van der Waals surface area contributed by atoms with Gasteiger partial charge in [0, 0.05) is 24.2 Å². The fraction of sp³-hybridized carbons (Fsp3) is 0.500. The molecule has 6 N–H and O–H groups in total. The van der Waals surface area contributed by atoms with E-state index in [1.807, 2.05) is 13.8 Å². The Labute approximate surface area is 184 Å².